The van der Waals surface area contributed by atoms with Gasteiger partial charge in [0.1, 0.15) is 17.2 Å². The van der Waals surface area contributed by atoms with Gasteiger partial charge in [-0.2, -0.15) is 0 Å². The molecule has 4 nitrogen and oxygen atoms in total. The van der Waals surface area contributed by atoms with E-state index in [1.54, 1.807) is 0 Å². The molecule has 1 aliphatic carbocycles. The molecule has 100 valence electrons. The van der Waals surface area contributed by atoms with E-state index in [-0.39, 0.29) is 5.56 Å². The van der Waals surface area contributed by atoms with Crippen molar-refractivity contribution >= 4 is 17.0 Å². The number of nitrogens with zero attached hydrogens (tertiary/aromatic N) is 1. The third kappa shape index (κ3) is 1.99. The van der Waals surface area contributed by atoms with Crippen molar-refractivity contribution in [1.82, 2.24) is 9.97 Å². The Bertz CT molecular complexity index is 650. The van der Waals surface area contributed by atoms with Crippen molar-refractivity contribution < 1.29 is 14.3 Å². The van der Waals surface area contributed by atoms with E-state index >= 15 is 0 Å². The van der Waals surface area contributed by atoms with Crippen LogP contribution in [-0.2, 0) is 0 Å². The Morgan fingerprint density at radius 2 is 2.26 bits per heavy atom. The molecule has 1 heterocycles. The van der Waals surface area contributed by atoms with Crippen molar-refractivity contribution in [2.75, 3.05) is 0 Å². The van der Waals surface area contributed by atoms with Gasteiger partial charge in [0, 0.05) is 5.92 Å². The number of fused-ring (bicyclic) bond motifs is 1. The van der Waals surface area contributed by atoms with Crippen LogP contribution >= 0.6 is 0 Å². The second-order valence-corrected chi connectivity index (χ2v) is 5.29. The zero-order valence-electron chi connectivity index (χ0n) is 10.6. The molecule has 2 aromatic rings. The average Bonchev–Trinajstić information content (AvgIpc) is 2.93. The number of halogens is 1. The highest BCUT2D eigenvalue weighted by molar-refractivity contribution is 6.01. The first kappa shape index (κ1) is 12.1. The molecule has 0 radical (unpaired) electrons. The molecule has 1 fully saturated rings. The summed E-state index contributed by atoms with van der Waals surface area (Å²) in [7, 11) is 0. The SMILES string of the molecule is CC1CCCC1c1nc2c(C(=O)O)cc(F)cc2[nH]1. The number of aromatic amines is 1. The molecule has 1 saturated carbocycles. The molecular weight excluding hydrogens is 247 g/mol. The summed E-state index contributed by atoms with van der Waals surface area (Å²) in [5.74, 6) is -0.0783. The normalized spacial score (nSPS) is 23.1. The molecule has 5 heteroatoms. The minimum absolute atomic E-state index is 0.0804. The fourth-order valence-corrected chi connectivity index (χ4v) is 2.99. The van der Waals surface area contributed by atoms with Crippen LogP contribution in [0.3, 0.4) is 0 Å². The molecule has 1 aromatic heterocycles. The summed E-state index contributed by atoms with van der Waals surface area (Å²) >= 11 is 0. The minimum atomic E-state index is -1.15. The highest BCUT2D eigenvalue weighted by Crippen LogP contribution is 2.38. The van der Waals surface area contributed by atoms with E-state index in [2.05, 4.69) is 16.9 Å². The molecule has 0 bridgehead atoms. The second-order valence-electron chi connectivity index (χ2n) is 5.29. The smallest absolute Gasteiger partial charge is 0.338 e. The highest BCUT2D eigenvalue weighted by Gasteiger charge is 2.28. The zero-order valence-corrected chi connectivity index (χ0v) is 10.6. The highest BCUT2D eigenvalue weighted by atomic mass is 19.1. The monoisotopic (exact) mass is 262 g/mol. The first-order valence-electron chi connectivity index (χ1n) is 6.48. The van der Waals surface area contributed by atoms with E-state index in [4.69, 9.17) is 5.11 Å². The molecule has 1 aliphatic rings. The maximum atomic E-state index is 13.4. The van der Waals surface area contributed by atoms with Gasteiger partial charge in [0.25, 0.3) is 0 Å². The number of aromatic carboxylic acids is 1. The summed E-state index contributed by atoms with van der Waals surface area (Å²) in [5, 5.41) is 9.11. The number of carboxylic acids is 1. The van der Waals surface area contributed by atoms with Crippen molar-refractivity contribution in [3.8, 4) is 0 Å². The van der Waals surface area contributed by atoms with Gasteiger partial charge in [-0.3, -0.25) is 0 Å². The molecule has 3 rings (SSSR count). The first-order valence-corrected chi connectivity index (χ1v) is 6.48. The Hall–Kier alpha value is -1.91. The van der Waals surface area contributed by atoms with Gasteiger partial charge in [0.2, 0.25) is 0 Å². The Morgan fingerprint density at radius 3 is 2.89 bits per heavy atom. The number of carboxylic acid groups (broad SMARTS) is 1. The lowest BCUT2D eigenvalue weighted by Gasteiger charge is -2.11. The number of hydrogen-bond acceptors (Lipinski definition) is 2. The molecule has 2 N–H and O–H groups in total. The van der Waals surface area contributed by atoms with Gasteiger partial charge in [-0.1, -0.05) is 13.3 Å². The fraction of sp³-hybridized carbons (Fsp3) is 0.429. The number of nitrogens with one attached hydrogen (secondary N) is 1. The average molecular weight is 262 g/mol. The van der Waals surface area contributed by atoms with Crippen LogP contribution in [0, 0.1) is 11.7 Å². The fourth-order valence-electron chi connectivity index (χ4n) is 2.99. The molecule has 1 aromatic carbocycles. The summed E-state index contributed by atoms with van der Waals surface area (Å²) in [4.78, 5) is 18.6. The molecule has 0 saturated heterocycles. The number of benzene rings is 1. The van der Waals surface area contributed by atoms with Gasteiger partial charge in [-0.15, -0.1) is 0 Å². The Kier molecular flexibility index (Phi) is 2.77. The summed E-state index contributed by atoms with van der Waals surface area (Å²) in [5.41, 5.74) is 0.734. The molecule has 0 spiro atoms. The van der Waals surface area contributed by atoms with Gasteiger partial charge < -0.3 is 10.1 Å². The third-order valence-corrected chi connectivity index (χ3v) is 4.01. The van der Waals surface area contributed by atoms with E-state index in [0.717, 1.165) is 31.2 Å². The van der Waals surface area contributed by atoms with Crippen LogP contribution in [0.1, 0.15) is 48.3 Å². The van der Waals surface area contributed by atoms with Crippen molar-refractivity contribution in [2.45, 2.75) is 32.1 Å². The lowest BCUT2D eigenvalue weighted by atomic mass is 9.98. The van der Waals surface area contributed by atoms with Crippen LogP contribution in [0.15, 0.2) is 12.1 Å². The lowest BCUT2D eigenvalue weighted by Crippen LogP contribution is -2.04. The van der Waals surface area contributed by atoms with Crippen molar-refractivity contribution in [2.24, 2.45) is 5.92 Å². The Labute approximate surface area is 109 Å². The van der Waals surface area contributed by atoms with E-state index in [1.165, 1.54) is 6.07 Å². The van der Waals surface area contributed by atoms with Gasteiger partial charge in [0.15, 0.2) is 0 Å². The van der Waals surface area contributed by atoms with Gasteiger partial charge in [-0.25, -0.2) is 14.2 Å². The van der Waals surface area contributed by atoms with E-state index < -0.39 is 11.8 Å². The summed E-state index contributed by atoms with van der Waals surface area (Å²) in [6.45, 7) is 2.17. The van der Waals surface area contributed by atoms with Crippen LogP contribution in [0.2, 0.25) is 0 Å². The quantitative estimate of drug-likeness (QED) is 0.872. The van der Waals surface area contributed by atoms with E-state index in [9.17, 15) is 9.18 Å². The van der Waals surface area contributed by atoms with Crippen LogP contribution in [0.25, 0.3) is 11.0 Å². The van der Waals surface area contributed by atoms with E-state index in [1.807, 2.05) is 0 Å². The molecule has 19 heavy (non-hydrogen) atoms. The Balaban J connectivity index is 2.14. The van der Waals surface area contributed by atoms with Crippen LogP contribution in [0.4, 0.5) is 4.39 Å². The number of aromatic nitrogens is 2. The van der Waals surface area contributed by atoms with Crippen molar-refractivity contribution in [3.05, 3.63) is 29.3 Å². The van der Waals surface area contributed by atoms with Gasteiger partial charge in [-0.05, 0) is 30.9 Å². The van der Waals surface area contributed by atoms with Crippen LogP contribution in [0.5, 0.6) is 0 Å². The third-order valence-electron chi connectivity index (χ3n) is 4.01. The largest absolute Gasteiger partial charge is 0.478 e. The second kappa shape index (κ2) is 4.33. The molecule has 0 aliphatic heterocycles. The summed E-state index contributed by atoms with van der Waals surface area (Å²) in [6, 6.07) is 2.32. The predicted molar refractivity (Wildman–Crippen MR) is 68.8 cm³/mol. The molecular formula is C14H15FN2O2. The predicted octanol–water partition coefficient (Wildman–Crippen LogP) is 3.30. The number of rotatable bonds is 2. The van der Waals surface area contributed by atoms with Crippen molar-refractivity contribution in [1.29, 1.82) is 0 Å². The standard InChI is InChI=1S/C14H15FN2O2/c1-7-3-2-4-9(7)13-16-11-6-8(15)5-10(14(18)19)12(11)17-13/h5-7,9H,2-4H2,1H3,(H,16,17)(H,18,19). The van der Waals surface area contributed by atoms with Gasteiger partial charge in [0.05, 0.1) is 11.1 Å². The number of hydrogen-bond donors (Lipinski definition) is 2. The van der Waals surface area contributed by atoms with Crippen molar-refractivity contribution in [3.63, 3.8) is 0 Å². The van der Waals surface area contributed by atoms with Crippen LogP contribution in [-0.4, -0.2) is 21.0 Å². The molecule has 2 unspecified atom stereocenters. The molecule has 0 amide bonds. The number of H-pyrrole nitrogens is 1. The minimum Gasteiger partial charge on any atom is -0.478 e. The zero-order chi connectivity index (χ0) is 13.6. The van der Waals surface area contributed by atoms with E-state index in [0.29, 0.717) is 22.9 Å². The Morgan fingerprint density at radius 1 is 1.47 bits per heavy atom. The lowest BCUT2D eigenvalue weighted by molar-refractivity contribution is 0.0698. The van der Waals surface area contributed by atoms with Crippen LogP contribution < -0.4 is 0 Å². The number of carbonyl (C=O) groups is 1. The topological polar surface area (TPSA) is 66.0 Å². The first-order chi connectivity index (χ1) is 9.06. The maximum absolute atomic E-state index is 13.4. The van der Waals surface area contributed by atoms with Gasteiger partial charge >= 0.3 is 5.97 Å². The maximum Gasteiger partial charge on any atom is 0.338 e. The number of imidazole rings is 1. The summed E-state index contributed by atoms with van der Waals surface area (Å²) in [6.07, 6.45) is 3.36. The summed E-state index contributed by atoms with van der Waals surface area (Å²) < 4.78 is 13.4. The molecule has 2 atom stereocenters.